The minimum absolute atomic E-state index is 0.0366. The second-order valence-electron chi connectivity index (χ2n) is 5.88. The number of hydrogen-bond donors (Lipinski definition) is 0. The van der Waals surface area contributed by atoms with E-state index in [2.05, 4.69) is 4.90 Å². The lowest BCUT2D eigenvalue weighted by atomic mass is 9.94. The number of nitrogens with zero attached hydrogens (tertiary/aromatic N) is 1. The molecule has 3 rings (SSSR count). The average Bonchev–Trinajstić information content (AvgIpc) is 2.88. The van der Waals surface area contributed by atoms with Crippen molar-refractivity contribution in [3.8, 4) is 0 Å². The minimum atomic E-state index is -0.497. The van der Waals surface area contributed by atoms with E-state index in [1.54, 1.807) is 7.11 Å². The molecule has 0 N–H and O–H groups in total. The predicted molar refractivity (Wildman–Crippen MR) is 65.2 cm³/mol. The van der Waals surface area contributed by atoms with E-state index in [1.807, 2.05) is 13.8 Å². The molecular weight excluding hydrogens is 234 g/mol. The molecule has 0 amide bonds. The zero-order valence-corrected chi connectivity index (χ0v) is 11.4. The topological polar surface area (TPSA) is 40.2 Å². The second kappa shape index (κ2) is 4.72. The molecule has 0 radical (unpaired) electrons. The van der Waals surface area contributed by atoms with E-state index >= 15 is 0 Å². The first-order valence-electron chi connectivity index (χ1n) is 6.81. The predicted octanol–water partition coefficient (Wildman–Crippen LogP) is 0.974. The highest BCUT2D eigenvalue weighted by molar-refractivity contribution is 5.03. The van der Waals surface area contributed by atoms with Gasteiger partial charge in [-0.15, -0.1) is 0 Å². The molecule has 0 aliphatic carbocycles. The number of ether oxygens (including phenoxy) is 4. The van der Waals surface area contributed by atoms with Gasteiger partial charge >= 0.3 is 0 Å². The van der Waals surface area contributed by atoms with Crippen molar-refractivity contribution in [1.82, 2.24) is 4.90 Å². The molecule has 0 aromatic rings. The van der Waals surface area contributed by atoms with Crippen LogP contribution < -0.4 is 0 Å². The summed E-state index contributed by atoms with van der Waals surface area (Å²) < 4.78 is 22.9. The normalized spacial score (nSPS) is 42.8. The van der Waals surface area contributed by atoms with Gasteiger partial charge in [0.1, 0.15) is 25.1 Å². The van der Waals surface area contributed by atoms with Crippen LogP contribution in [-0.4, -0.2) is 62.0 Å². The van der Waals surface area contributed by atoms with Crippen molar-refractivity contribution in [1.29, 1.82) is 0 Å². The van der Waals surface area contributed by atoms with Crippen LogP contribution in [-0.2, 0) is 18.9 Å². The first kappa shape index (κ1) is 12.8. The van der Waals surface area contributed by atoms with Gasteiger partial charge in [0, 0.05) is 19.7 Å². The van der Waals surface area contributed by atoms with E-state index in [0.29, 0.717) is 12.8 Å². The Hall–Kier alpha value is -0.200. The van der Waals surface area contributed by atoms with Gasteiger partial charge < -0.3 is 18.9 Å². The Balaban J connectivity index is 1.76. The minimum Gasteiger partial charge on any atom is -0.359 e. The van der Waals surface area contributed by atoms with Gasteiger partial charge in [-0.25, -0.2) is 0 Å². The molecule has 5 heteroatoms. The van der Waals surface area contributed by atoms with E-state index < -0.39 is 5.79 Å². The van der Waals surface area contributed by atoms with Crippen molar-refractivity contribution < 1.29 is 18.9 Å². The zero-order valence-electron chi connectivity index (χ0n) is 11.4. The summed E-state index contributed by atoms with van der Waals surface area (Å²) in [7, 11) is 1.65. The highest BCUT2D eigenvalue weighted by Crippen LogP contribution is 2.40. The number of methoxy groups -OCH3 is 1. The Kier molecular flexibility index (Phi) is 3.36. The van der Waals surface area contributed by atoms with Crippen LogP contribution in [0.5, 0.6) is 0 Å². The van der Waals surface area contributed by atoms with Crippen LogP contribution in [0.1, 0.15) is 26.7 Å². The number of hydrogen-bond acceptors (Lipinski definition) is 5. The summed E-state index contributed by atoms with van der Waals surface area (Å²) in [5, 5.41) is 0. The van der Waals surface area contributed by atoms with Gasteiger partial charge in [-0.05, 0) is 33.2 Å². The van der Waals surface area contributed by atoms with Gasteiger partial charge in [0.15, 0.2) is 5.79 Å². The molecule has 104 valence electrons. The summed E-state index contributed by atoms with van der Waals surface area (Å²) >= 11 is 0. The quantitative estimate of drug-likeness (QED) is 0.705. The summed E-state index contributed by atoms with van der Waals surface area (Å²) in [6.07, 6.45) is 2.67. The fourth-order valence-electron chi connectivity index (χ4n) is 3.49. The molecule has 0 bridgehead atoms. The van der Waals surface area contributed by atoms with Crippen LogP contribution in [0.4, 0.5) is 0 Å². The Morgan fingerprint density at radius 1 is 1.28 bits per heavy atom. The van der Waals surface area contributed by atoms with Crippen molar-refractivity contribution >= 4 is 0 Å². The van der Waals surface area contributed by atoms with E-state index in [1.165, 1.54) is 12.8 Å². The maximum absolute atomic E-state index is 6.09. The lowest BCUT2D eigenvalue weighted by Crippen LogP contribution is -2.58. The summed E-state index contributed by atoms with van der Waals surface area (Å²) in [4.78, 5) is 2.48. The Morgan fingerprint density at radius 3 is 2.83 bits per heavy atom. The SMILES string of the molecule is COCO[C@@H]1CN2CCC[C@H]2[C@@H]2OC(C)(C)O[C@@H]21. The Labute approximate surface area is 108 Å². The summed E-state index contributed by atoms with van der Waals surface area (Å²) in [6, 6.07) is 0.499. The molecule has 0 saturated carbocycles. The van der Waals surface area contributed by atoms with Crippen molar-refractivity contribution in [2.45, 2.75) is 56.8 Å². The van der Waals surface area contributed by atoms with Crippen LogP contribution in [0.2, 0.25) is 0 Å². The van der Waals surface area contributed by atoms with Crippen LogP contribution in [0.15, 0.2) is 0 Å². The van der Waals surface area contributed by atoms with Gasteiger partial charge in [-0.1, -0.05) is 0 Å². The highest BCUT2D eigenvalue weighted by atomic mass is 16.8. The Bertz CT molecular complexity index is 309. The van der Waals surface area contributed by atoms with Crippen molar-refractivity contribution in [3.63, 3.8) is 0 Å². The Morgan fingerprint density at radius 2 is 2.06 bits per heavy atom. The van der Waals surface area contributed by atoms with Crippen LogP contribution in [0.25, 0.3) is 0 Å². The van der Waals surface area contributed by atoms with E-state index in [0.717, 1.165) is 13.1 Å². The number of piperidine rings is 1. The third-order valence-corrected chi connectivity index (χ3v) is 4.14. The first-order chi connectivity index (χ1) is 8.61. The lowest BCUT2D eigenvalue weighted by Gasteiger charge is -2.41. The molecule has 3 aliphatic rings. The fraction of sp³-hybridized carbons (Fsp3) is 1.00. The lowest BCUT2D eigenvalue weighted by molar-refractivity contribution is -0.170. The molecule has 3 saturated heterocycles. The molecule has 5 nitrogen and oxygen atoms in total. The third kappa shape index (κ3) is 2.18. The van der Waals surface area contributed by atoms with Crippen molar-refractivity contribution in [2.24, 2.45) is 0 Å². The van der Waals surface area contributed by atoms with Crippen molar-refractivity contribution in [2.75, 3.05) is 27.0 Å². The van der Waals surface area contributed by atoms with Crippen LogP contribution in [0, 0.1) is 0 Å². The molecule has 0 aromatic heterocycles. The summed E-state index contributed by atoms with van der Waals surface area (Å²) in [5.74, 6) is -0.497. The van der Waals surface area contributed by atoms with Crippen LogP contribution in [0.3, 0.4) is 0 Å². The summed E-state index contributed by atoms with van der Waals surface area (Å²) in [5.41, 5.74) is 0. The molecule has 18 heavy (non-hydrogen) atoms. The van der Waals surface area contributed by atoms with Gasteiger partial charge in [0.25, 0.3) is 0 Å². The number of fused-ring (bicyclic) bond motifs is 3. The molecule has 0 unspecified atom stereocenters. The summed E-state index contributed by atoms with van der Waals surface area (Å²) in [6.45, 7) is 6.35. The van der Waals surface area contributed by atoms with E-state index in [9.17, 15) is 0 Å². The molecule has 3 heterocycles. The van der Waals surface area contributed by atoms with Gasteiger partial charge in [-0.3, -0.25) is 4.90 Å². The second-order valence-corrected chi connectivity index (χ2v) is 5.88. The van der Waals surface area contributed by atoms with Gasteiger partial charge in [0.05, 0.1) is 0 Å². The maximum atomic E-state index is 6.09. The number of rotatable bonds is 3. The molecular formula is C13H23NO4. The smallest absolute Gasteiger partial charge is 0.163 e. The third-order valence-electron chi connectivity index (χ3n) is 4.14. The monoisotopic (exact) mass is 257 g/mol. The zero-order chi connectivity index (χ0) is 12.8. The standard InChI is InChI=1S/C13H23NO4/c1-13(2)17-11-9-5-4-6-14(9)7-10(12(11)18-13)16-8-15-3/h9-12H,4-8H2,1-3H3/t9-,10+,11-,12+/m0/s1. The molecule has 0 spiro atoms. The van der Waals surface area contributed by atoms with E-state index in [4.69, 9.17) is 18.9 Å². The highest BCUT2D eigenvalue weighted by Gasteiger charge is 2.54. The average molecular weight is 257 g/mol. The molecule has 3 fully saturated rings. The van der Waals surface area contributed by atoms with Crippen LogP contribution >= 0.6 is 0 Å². The van der Waals surface area contributed by atoms with Gasteiger partial charge in [-0.2, -0.15) is 0 Å². The van der Waals surface area contributed by atoms with E-state index in [-0.39, 0.29) is 18.3 Å². The fourth-order valence-corrected chi connectivity index (χ4v) is 3.49. The molecule has 0 aromatic carbocycles. The largest absolute Gasteiger partial charge is 0.359 e. The molecule has 4 atom stereocenters. The van der Waals surface area contributed by atoms with Gasteiger partial charge in [0.2, 0.25) is 0 Å². The molecule has 3 aliphatic heterocycles. The first-order valence-corrected chi connectivity index (χ1v) is 6.81. The van der Waals surface area contributed by atoms with Crippen molar-refractivity contribution in [3.05, 3.63) is 0 Å². The maximum Gasteiger partial charge on any atom is 0.163 e.